The van der Waals surface area contributed by atoms with Gasteiger partial charge in [-0.3, -0.25) is 14.5 Å². The number of rotatable bonds is 2. The number of carbonyl (C=O) groups excluding carboxylic acids is 2. The molecule has 0 aliphatic carbocycles. The second kappa shape index (κ2) is 4.59. The lowest BCUT2D eigenvalue weighted by Gasteiger charge is -2.08. The van der Waals surface area contributed by atoms with E-state index < -0.39 is 0 Å². The summed E-state index contributed by atoms with van der Waals surface area (Å²) in [6.07, 6.45) is 0. The van der Waals surface area contributed by atoms with E-state index >= 15 is 0 Å². The number of aryl methyl sites for hydroxylation is 1. The molecule has 0 radical (unpaired) electrons. The minimum atomic E-state index is -0.292. The van der Waals surface area contributed by atoms with Gasteiger partial charge in [-0.15, -0.1) is 0 Å². The molecule has 0 fully saturated rings. The highest BCUT2D eigenvalue weighted by Crippen LogP contribution is 2.26. The van der Waals surface area contributed by atoms with Crippen molar-refractivity contribution >= 4 is 29.0 Å². The van der Waals surface area contributed by atoms with Crippen LogP contribution in [0, 0.1) is 6.92 Å². The summed E-state index contributed by atoms with van der Waals surface area (Å²) in [5.74, 6) is 0.0647. The molecule has 0 bridgehead atoms. The molecule has 1 aliphatic heterocycles. The fraction of sp³-hybridized carbons (Fsp3) is 0.133. The highest BCUT2D eigenvalue weighted by molar-refractivity contribution is 6.21. The van der Waals surface area contributed by atoms with E-state index in [-0.39, 0.29) is 11.8 Å². The van der Waals surface area contributed by atoms with Gasteiger partial charge in [0.2, 0.25) is 0 Å². The van der Waals surface area contributed by atoms with E-state index in [0.717, 1.165) is 10.6 Å². The van der Waals surface area contributed by atoms with Crippen LogP contribution in [0.15, 0.2) is 30.3 Å². The van der Waals surface area contributed by atoms with E-state index in [2.05, 4.69) is 10.3 Å². The molecule has 0 spiro atoms. The molecule has 0 saturated carbocycles. The molecule has 1 aliphatic rings. The van der Waals surface area contributed by atoms with Crippen molar-refractivity contribution in [2.45, 2.75) is 6.92 Å². The number of hydrogen-bond donors (Lipinski definition) is 2. The van der Waals surface area contributed by atoms with Gasteiger partial charge in [0.25, 0.3) is 11.8 Å². The van der Waals surface area contributed by atoms with E-state index in [1.165, 1.54) is 7.05 Å². The Morgan fingerprint density at radius 2 is 1.81 bits per heavy atom. The Hall–Kier alpha value is -2.89. The predicted molar refractivity (Wildman–Crippen MR) is 79.5 cm³/mol. The zero-order valence-electron chi connectivity index (χ0n) is 11.7. The first-order valence-electron chi connectivity index (χ1n) is 6.44. The highest BCUT2D eigenvalue weighted by atomic mass is 16.2. The number of nitrogens with zero attached hydrogens (tertiary/aromatic N) is 2. The molecule has 6 nitrogen and oxygen atoms in total. The number of pyridine rings is 1. The zero-order valence-corrected chi connectivity index (χ0v) is 11.7. The van der Waals surface area contributed by atoms with Crippen LogP contribution < -0.4 is 11.1 Å². The number of fused-ring (bicyclic) bond motifs is 1. The van der Waals surface area contributed by atoms with Gasteiger partial charge in [-0.05, 0) is 37.3 Å². The number of nitrogen functional groups attached to an aromatic ring is 1. The fourth-order valence-electron chi connectivity index (χ4n) is 2.23. The molecule has 2 aromatic rings. The summed E-state index contributed by atoms with van der Waals surface area (Å²) in [4.78, 5) is 29.2. The summed E-state index contributed by atoms with van der Waals surface area (Å²) in [6, 6.07) is 8.57. The summed E-state index contributed by atoms with van der Waals surface area (Å²) in [6.45, 7) is 1.82. The fourth-order valence-corrected chi connectivity index (χ4v) is 2.23. The Morgan fingerprint density at radius 1 is 1.10 bits per heavy atom. The Balaban J connectivity index is 1.93. The van der Waals surface area contributed by atoms with Crippen LogP contribution in [-0.2, 0) is 0 Å². The van der Waals surface area contributed by atoms with Crippen LogP contribution >= 0.6 is 0 Å². The van der Waals surface area contributed by atoms with E-state index in [0.29, 0.717) is 28.3 Å². The van der Waals surface area contributed by atoms with Crippen molar-refractivity contribution in [2.24, 2.45) is 0 Å². The largest absolute Gasteiger partial charge is 0.397 e. The molecule has 2 amide bonds. The number of benzene rings is 1. The third-order valence-electron chi connectivity index (χ3n) is 3.49. The maximum Gasteiger partial charge on any atom is 0.261 e. The number of hydrogen-bond acceptors (Lipinski definition) is 5. The van der Waals surface area contributed by atoms with Crippen molar-refractivity contribution in [1.82, 2.24) is 9.88 Å². The van der Waals surface area contributed by atoms with Crippen LogP contribution in [0.25, 0.3) is 0 Å². The van der Waals surface area contributed by atoms with Crippen molar-refractivity contribution in [1.29, 1.82) is 0 Å². The number of carbonyl (C=O) groups is 2. The van der Waals surface area contributed by atoms with Crippen LogP contribution in [0.5, 0.6) is 0 Å². The number of aromatic nitrogens is 1. The average Bonchev–Trinajstić information content (AvgIpc) is 2.68. The molecule has 3 rings (SSSR count). The quantitative estimate of drug-likeness (QED) is 0.822. The Kier molecular flexibility index (Phi) is 2.86. The average molecular weight is 282 g/mol. The van der Waals surface area contributed by atoms with Gasteiger partial charge in [-0.25, -0.2) is 4.98 Å². The number of amides is 2. The van der Waals surface area contributed by atoms with E-state index in [1.54, 1.807) is 30.3 Å². The summed E-state index contributed by atoms with van der Waals surface area (Å²) in [7, 11) is 1.47. The lowest BCUT2D eigenvalue weighted by Crippen LogP contribution is -2.24. The topological polar surface area (TPSA) is 88.3 Å². The summed E-state index contributed by atoms with van der Waals surface area (Å²) in [5, 5.41) is 3.10. The second-order valence-corrected chi connectivity index (χ2v) is 4.93. The van der Waals surface area contributed by atoms with Crippen molar-refractivity contribution in [2.75, 3.05) is 18.1 Å². The van der Waals surface area contributed by atoms with E-state index in [9.17, 15) is 9.59 Å². The van der Waals surface area contributed by atoms with Crippen LogP contribution in [-0.4, -0.2) is 28.7 Å². The third-order valence-corrected chi connectivity index (χ3v) is 3.49. The smallest absolute Gasteiger partial charge is 0.261 e. The molecule has 0 unspecified atom stereocenters. The molecule has 6 heteroatoms. The third kappa shape index (κ3) is 2.10. The summed E-state index contributed by atoms with van der Waals surface area (Å²) >= 11 is 0. The van der Waals surface area contributed by atoms with Crippen molar-refractivity contribution < 1.29 is 9.59 Å². The van der Waals surface area contributed by atoms with Crippen molar-refractivity contribution in [3.05, 3.63) is 47.2 Å². The van der Waals surface area contributed by atoms with Crippen molar-refractivity contribution in [3.8, 4) is 0 Å². The first-order chi connectivity index (χ1) is 9.97. The molecule has 0 saturated heterocycles. The maximum absolute atomic E-state index is 12.0. The molecular formula is C15H14N4O2. The molecule has 106 valence electrons. The van der Waals surface area contributed by atoms with E-state index in [4.69, 9.17) is 5.73 Å². The number of anilines is 3. The second-order valence-electron chi connectivity index (χ2n) is 4.93. The monoisotopic (exact) mass is 282 g/mol. The van der Waals surface area contributed by atoms with Gasteiger partial charge in [0.15, 0.2) is 0 Å². The SMILES string of the molecule is Cc1nc(Nc2ccc3c(c2)C(=O)N(C)C3=O)ccc1N. The first-order valence-corrected chi connectivity index (χ1v) is 6.44. The van der Waals surface area contributed by atoms with Crippen LogP contribution in [0.4, 0.5) is 17.2 Å². The zero-order chi connectivity index (χ0) is 15.1. The lowest BCUT2D eigenvalue weighted by atomic mass is 10.1. The first kappa shape index (κ1) is 13.1. The Morgan fingerprint density at radius 3 is 2.52 bits per heavy atom. The minimum Gasteiger partial charge on any atom is -0.397 e. The maximum atomic E-state index is 12.0. The highest BCUT2D eigenvalue weighted by Gasteiger charge is 2.32. The number of imide groups is 1. The molecule has 21 heavy (non-hydrogen) atoms. The van der Waals surface area contributed by atoms with Gasteiger partial charge in [0.1, 0.15) is 5.82 Å². The van der Waals surface area contributed by atoms with Gasteiger partial charge >= 0.3 is 0 Å². The lowest BCUT2D eigenvalue weighted by molar-refractivity contribution is 0.0693. The Bertz CT molecular complexity index is 770. The van der Waals surface area contributed by atoms with Crippen LogP contribution in [0.2, 0.25) is 0 Å². The molecular weight excluding hydrogens is 268 g/mol. The summed E-state index contributed by atoms with van der Waals surface area (Å²) in [5.41, 5.74) is 8.60. The number of nitrogens with one attached hydrogen (secondary N) is 1. The predicted octanol–water partition coefficient (Wildman–Crippen LogP) is 1.94. The molecule has 1 aromatic carbocycles. The van der Waals surface area contributed by atoms with Gasteiger partial charge in [0, 0.05) is 12.7 Å². The molecule has 2 heterocycles. The number of nitrogens with two attached hydrogens (primary N) is 1. The molecule has 3 N–H and O–H groups in total. The van der Waals surface area contributed by atoms with Crippen molar-refractivity contribution in [3.63, 3.8) is 0 Å². The normalized spacial score (nSPS) is 13.5. The van der Waals surface area contributed by atoms with Crippen LogP contribution in [0.1, 0.15) is 26.4 Å². The molecule has 1 aromatic heterocycles. The standard InChI is InChI=1S/C15H14N4O2/c1-8-12(16)5-6-13(17-8)18-9-3-4-10-11(7-9)15(21)19(2)14(10)20/h3-7H,16H2,1-2H3,(H,17,18). The van der Waals surface area contributed by atoms with Gasteiger partial charge in [0.05, 0.1) is 22.5 Å². The van der Waals surface area contributed by atoms with E-state index in [1.807, 2.05) is 6.92 Å². The Labute approximate surface area is 121 Å². The minimum absolute atomic E-state index is 0.275. The van der Waals surface area contributed by atoms with Gasteiger partial charge in [-0.1, -0.05) is 0 Å². The van der Waals surface area contributed by atoms with Crippen LogP contribution in [0.3, 0.4) is 0 Å². The van der Waals surface area contributed by atoms with Gasteiger partial charge < -0.3 is 11.1 Å². The summed E-state index contributed by atoms with van der Waals surface area (Å²) < 4.78 is 0. The van der Waals surface area contributed by atoms with Gasteiger partial charge in [-0.2, -0.15) is 0 Å². The molecule has 0 atom stereocenters.